The average molecular weight is 409 g/mol. The number of hydrogen-bond acceptors (Lipinski definition) is 5. The Morgan fingerprint density at radius 2 is 2.00 bits per heavy atom. The molecule has 154 valence electrons. The van der Waals surface area contributed by atoms with Crippen molar-refractivity contribution in [2.45, 2.75) is 39.2 Å². The number of halogens is 1. The van der Waals surface area contributed by atoms with Crippen molar-refractivity contribution in [2.24, 2.45) is 0 Å². The highest BCUT2D eigenvalue weighted by Crippen LogP contribution is 2.34. The topological polar surface area (TPSA) is 87.3 Å². The van der Waals surface area contributed by atoms with Crippen LogP contribution in [0.1, 0.15) is 38.4 Å². The van der Waals surface area contributed by atoms with Crippen molar-refractivity contribution >= 4 is 28.8 Å². The van der Waals surface area contributed by atoms with Gasteiger partial charge < -0.3 is 4.74 Å². The summed E-state index contributed by atoms with van der Waals surface area (Å²) in [5, 5.41) is 12.0. The minimum atomic E-state index is -0.725. The van der Waals surface area contributed by atoms with Crippen molar-refractivity contribution in [1.82, 2.24) is 9.55 Å². The van der Waals surface area contributed by atoms with E-state index >= 15 is 0 Å². The van der Waals surface area contributed by atoms with Crippen molar-refractivity contribution < 1.29 is 18.8 Å². The van der Waals surface area contributed by atoms with E-state index in [0.29, 0.717) is 34.5 Å². The molecule has 0 radical (unpaired) electrons. The molecular formula is C22H20FN3O4. The maximum atomic E-state index is 13.9. The molecule has 0 saturated carbocycles. The molecule has 3 aromatic rings. The molecule has 2 heterocycles. The van der Waals surface area contributed by atoms with Crippen LogP contribution in [0.4, 0.5) is 14.9 Å². The zero-order chi connectivity index (χ0) is 21.6. The van der Waals surface area contributed by atoms with Crippen LogP contribution in [-0.4, -0.2) is 26.2 Å². The number of allylic oxidation sites excluding steroid dienone is 1. The molecule has 0 aliphatic heterocycles. The number of pyridine rings is 1. The molecule has 0 spiro atoms. The zero-order valence-corrected chi connectivity index (χ0v) is 16.8. The number of nitro groups is 1. The van der Waals surface area contributed by atoms with E-state index in [1.165, 1.54) is 16.7 Å². The van der Waals surface area contributed by atoms with Crippen molar-refractivity contribution in [3.8, 4) is 11.4 Å². The fourth-order valence-corrected chi connectivity index (χ4v) is 3.56. The summed E-state index contributed by atoms with van der Waals surface area (Å²) >= 11 is 0. The van der Waals surface area contributed by atoms with Crippen LogP contribution in [0.5, 0.6) is 0 Å². The lowest BCUT2D eigenvalue weighted by Crippen LogP contribution is -2.28. The molecule has 0 fully saturated rings. The minimum absolute atomic E-state index is 0.125. The highest BCUT2D eigenvalue weighted by molar-refractivity contribution is 5.90. The predicted octanol–water partition coefficient (Wildman–Crippen LogP) is 5.65. The first-order valence-electron chi connectivity index (χ1n) is 9.52. The van der Waals surface area contributed by atoms with Crippen molar-refractivity contribution in [3.63, 3.8) is 0 Å². The molecule has 4 rings (SSSR count). The van der Waals surface area contributed by atoms with Crippen molar-refractivity contribution in [2.75, 3.05) is 0 Å². The van der Waals surface area contributed by atoms with E-state index < -0.39 is 16.6 Å². The third kappa shape index (κ3) is 3.56. The van der Waals surface area contributed by atoms with Gasteiger partial charge in [0, 0.05) is 23.6 Å². The third-order valence-electron chi connectivity index (χ3n) is 4.78. The minimum Gasteiger partial charge on any atom is -0.443 e. The van der Waals surface area contributed by atoms with Crippen LogP contribution in [0.2, 0.25) is 0 Å². The molecular weight excluding hydrogens is 389 g/mol. The fraction of sp³-hybridized carbons (Fsp3) is 0.273. The summed E-state index contributed by atoms with van der Waals surface area (Å²) in [5.74, 6) is -0.266. The predicted molar refractivity (Wildman–Crippen MR) is 111 cm³/mol. The Balaban J connectivity index is 1.93. The molecule has 7 nitrogen and oxygen atoms in total. The fourth-order valence-electron chi connectivity index (χ4n) is 3.56. The summed E-state index contributed by atoms with van der Waals surface area (Å²) in [5.41, 5.74) is 1.34. The highest BCUT2D eigenvalue weighted by atomic mass is 19.1. The number of hydrogen-bond donors (Lipinski definition) is 0. The number of carbonyl (C=O) groups is 1. The Labute approximate surface area is 171 Å². The summed E-state index contributed by atoms with van der Waals surface area (Å²) in [6.45, 7) is 5.28. The SMILES string of the molecule is CC(C)(C)OC(=O)n1c(-c2ccc3cccc([N+](=O)[O-])c3n2)cc2c1CCC(F)=C2. The molecule has 0 atom stereocenters. The monoisotopic (exact) mass is 409 g/mol. The molecule has 8 heteroatoms. The third-order valence-corrected chi connectivity index (χ3v) is 4.78. The summed E-state index contributed by atoms with van der Waals surface area (Å²) in [6, 6.07) is 9.78. The smallest absolute Gasteiger partial charge is 0.419 e. The van der Waals surface area contributed by atoms with Gasteiger partial charge in [-0.15, -0.1) is 0 Å². The van der Waals surface area contributed by atoms with Gasteiger partial charge in [-0.1, -0.05) is 18.2 Å². The first-order valence-corrected chi connectivity index (χ1v) is 9.52. The number of nitrogens with zero attached hydrogens (tertiary/aromatic N) is 3. The number of nitro benzene ring substituents is 1. The number of ether oxygens (including phenoxy) is 1. The Hall–Kier alpha value is -3.55. The first-order chi connectivity index (χ1) is 14.1. The molecule has 0 N–H and O–H groups in total. The number of non-ortho nitro benzene ring substituents is 1. The Kier molecular flexibility index (Phi) is 4.64. The number of para-hydroxylation sites is 1. The summed E-state index contributed by atoms with van der Waals surface area (Å²) < 4.78 is 20.8. The van der Waals surface area contributed by atoms with Gasteiger partial charge in [0.05, 0.1) is 16.3 Å². The molecule has 30 heavy (non-hydrogen) atoms. The molecule has 1 aliphatic carbocycles. The van der Waals surface area contributed by atoms with E-state index in [0.717, 1.165) is 0 Å². The van der Waals surface area contributed by atoms with E-state index in [2.05, 4.69) is 4.98 Å². The second kappa shape index (κ2) is 7.05. The molecule has 0 amide bonds. The second-order valence-corrected chi connectivity index (χ2v) is 8.14. The molecule has 1 aromatic carbocycles. The largest absolute Gasteiger partial charge is 0.443 e. The van der Waals surface area contributed by atoms with E-state index in [1.54, 1.807) is 51.1 Å². The van der Waals surface area contributed by atoms with Crippen LogP contribution in [0.25, 0.3) is 28.4 Å². The Bertz CT molecular complexity index is 1220. The van der Waals surface area contributed by atoms with Gasteiger partial charge in [-0.2, -0.15) is 0 Å². The van der Waals surface area contributed by atoms with E-state index in [1.807, 2.05) is 0 Å². The van der Waals surface area contributed by atoms with Gasteiger partial charge in [0.1, 0.15) is 16.9 Å². The number of carbonyl (C=O) groups excluding carboxylic acids is 1. The number of rotatable bonds is 2. The van der Waals surface area contributed by atoms with Gasteiger partial charge >= 0.3 is 6.09 Å². The van der Waals surface area contributed by atoms with Crippen LogP contribution in [0, 0.1) is 10.1 Å². The van der Waals surface area contributed by atoms with E-state index in [4.69, 9.17) is 4.74 Å². The van der Waals surface area contributed by atoms with Crippen molar-refractivity contribution in [3.05, 3.63) is 63.6 Å². The molecule has 0 bridgehead atoms. The Morgan fingerprint density at radius 1 is 1.23 bits per heavy atom. The summed E-state index contributed by atoms with van der Waals surface area (Å²) in [4.78, 5) is 28.4. The molecule has 0 unspecified atom stereocenters. The lowest BCUT2D eigenvalue weighted by atomic mass is 10.0. The maximum Gasteiger partial charge on any atom is 0.419 e. The highest BCUT2D eigenvalue weighted by Gasteiger charge is 2.28. The van der Waals surface area contributed by atoms with Gasteiger partial charge in [-0.25, -0.2) is 18.7 Å². The summed E-state index contributed by atoms with van der Waals surface area (Å²) in [6.07, 6.45) is 1.33. The van der Waals surface area contributed by atoms with Crippen LogP contribution in [0.3, 0.4) is 0 Å². The van der Waals surface area contributed by atoms with Crippen LogP contribution in [-0.2, 0) is 11.2 Å². The lowest BCUT2D eigenvalue weighted by Gasteiger charge is -2.22. The standard InChI is InChI=1S/C22H20FN3O4/c1-22(2,3)30-21(27)25-17-10-8-15(23)11-14(17)12-19(25)16-9-7-13-5-4-6-18(26(28)29)20(13)24-16/h4-7,9,11-12H,8,10H2,1-3H3. The molecule has 0 saturated heterocycles. The van der Waals surface area contributed by atoms with E-state index in [-0.39, 0.29) is 23.5 Å². The average Bonchev–Trinajstić information content (AvgIpc) is 3.04. The zero-order valence-electron chi connectivity index (χ0n) is 16.8. The van der Waals surface area contributed by atoms with Gasteiger partial charge in [-0.05, 0) is 51.0 Å². The first kappa shape index (κ1) is 19.8. The normalized spacial score (nSPS) is 13.7. The second-order valence-electron chi connectivity index (χ2n) is 8.14. The van der Waals surface area contributed by atoms with Gasteiger partial charge in [0.2, 0.25) is 0 Å². The van der Waals surface area contributed by atoms with Crippen LogP contribution >= 0.6 is 0 Å². The van der Waals surface area contributed by atoms with Crippen molar-refractivity contribution in [1.29, 1.82) is 0 Å². The van der Waals surface area contributed by atoms with Gasteiger partial charge in [-0.3, -0.25) is 10.1 Å². The summed E-state index contributed by atoms with van der Waals surface area (Å²) in [7, 11) is 0. The lowest BCUT2D eigenvalue weighted by molar-refractivity contribution is -0.383. The number of fused-ring (bicyclic) bond motifs is 2. The quantitative estimate of drug-likeness (QED) is 0.403. The Morgan fingerprint density at radius 3 is 2.70 bits per heavy atom. The van der Waals surface area contributed by atoms with Gasteiger partial charge in [0.25, 0.3) is 5.69 Å². The number of aromatic nitrogens is 2. The molecule has 2 aromatic heterocycles. The molecule has 1 aliphatic rings. The number of benzene rings is 1. The van der Waals surface area contributed by atoms with Gasteiger partial charge in [0.15, 0.2) is 0 Å². The van der Waals surface area contributed by atoms with Crippen LogP contribution in [0.15, 0.2) is 42.2 Å². The van der Waals surface area contributed by atoms with E-state index in [9.17, 15) is 19.3 Å². The maximum absolute atomic E-state index is 13.9. The van der Waals surface area contributed by atoms with Crippen LogP contribution < -0.4 is 0 Å².